The summed E-state index contributed by atoms with van der Waals surface area (Å²) in [6, 6.07) is 3.97. The van der Waals surface area contributed by atoms with Crippen LogP contribution in [0.25, 0.3) is 0 Å². The van der Waals surface area contributed by atoms with Crippen molar-refractivity contribution in [1.29, 1.82) is 0 Å². The van der Waals surface area contributed by atoms with Crippen LogP contribution in [0.5, 0.6) is 0 Å². The van der Waals surface area contributed by atoms with Crippen LogP contribution >= 0.6 is 11.6 Å². The van der Waals surface area contributed by atoms with Crippen molar-refractivity contribution >= 4 is 11.6 Å². The third kappa shape index (κ3) is 2.99. The van der Waals surface area contributed by atoms with E-state index in [0.717, 1.165) is 25.1 Å². The molecular weight excluding hydrogens is 234 g/mol. The van der Waals surface area contributed by atoms with Crippen molar-refractivity contribution in [3.05, 3.63) is 28.5 Å². The van der Waals surface area contributed by atoms with E-state index < -0.39 is 0 Å². The molecule has 2 atom stereocenters. The van der Waals surface area contributed by atoms with Gasteiger partial charge in [0, 0.05) is 18.2 Å². The Hall–Kier alpha value is -0.600. The Balaban J connectivity index is 2.10. The molecule has 1 aliphatic carbocycles. The second kappa shape index (κ2) is 5.36. The van der Waals surface area contributed by atoms with Crippen molar-refractivity contribution < 1.29 is 4.74 Å². The molecule has 1 aromatic heterocycles. The molecule has 0 spiro atoms. The highest BCUT2D eigenvalue weighted by Gasteiger charge is 2.27. The van der Waals surface area contributed by atoms with Crippen LogP contribution in [0, 0.1) is 5.92 Å². The predicted molar refractivity (Wildman–Crippen MR) is 70.6 cm³/mol. The monoisotopic (exact) mass is 253 g/mol. The molecule has 1 aliphatic rings. The minimum absolute atomic E-state index is 0.327. The van der Waals surface area contributed by atoms with E-state index in [4.69, 9.17) is 16.3 Å². The lowest BCUT2D eigenvalue weighted by Crippen LogP contribution is -2.28. The van der Waals surface area contributed by atoms with Gasteiger partial charge in [-0.2, -0.15) is 0 Å². The van der Waals surface area contributed by atoms with Gasteiger partial charge in [0.2, 0.25) is 0 Å². The number of hydrogen-bond acceptors (Lipinski definition) is 2. The summed E-state index contributed by atoms with van der Waals surface area (Å²) in [5.74, 6) is 1.01. The van der Waals surface area contributed by atoms with E-state index in [9.17, 15) is 0 Å². The molecular formula is C14H20ClNO. The van der Waals surface area contributed by atoms with Crippen LogP contribution in [0.2, 0.25) is 5.15 Å². The molecule has 1 aromatic rings. The first-order valence-corrected chi connectivity index (χ1v) is 6.72. The Bertz CT molecular complexity index is 392. The van der Waals surface area contributed by atoms with Crippen molar-refractivity contribution in [1.82, 2.24) is 4.98 Å². The first kappa shape index (κ1) is 12.8. The number of halogens is 1. The quantitative estimate of drug-likeness (QED) is 0.764. The number of fused-ring (bicyclic) bond motifs is 1. The standard InChI is InChI=1S/C14H20ClNO/c1-9(2)8-17-13-6-5-12-11(10(13)3)4-7-14(15)16-12/h4,7,9-10,13H,5-6,8H2,1-3H3/t10-,13+/m0/s1. The summed E-state index contributed by atoms with van der Waals surface area (Å²) in [4.78, 5) is 4.40. The zero-order chi connectivity index (χ0) is 12.4. The number of ether oxygens (including phenoxy) is 1. The van der Waals surface area contributed by atoms with E-state index >= 15 is 0 Å². The third-order valence-electron chi connectivity index (χ3n) is 3.33. The number of hydrogen-bond donors (Lipinski definition) is 0. The maximum absolute atomic E-state index is 5.98. The summed E-state index contributed by atoms with van der Waals surface area (Å²) < 4.78 is 5.98. The lowest BCUT2D eigenvalue weighted by Gasteiger charge is -2.31. The van der Waals surface area contributed by atoms with Crippen molar-refractivity contribution in [2.45, 2.75) is 45.6 Å². The number of rotatable bonds is 3. The predicted octanol–water partition coefficient (Wildman–Crippen LogP) is 3.83. The fourth-order valence-corrected chi connectivity index (χ4v) is 2.54. The molecule has 17 heavy (non-hydrogen) atoms. The van der Waals surface area contributed by atoms with E-state index in [1.807, 2.05) is 6.07 Å². The van der Waals surface area contributed by atoms with Gasteiger partial charge in [-0.15, -0.1) is 0 Å². The van der Waals surface area contributed by atoms with E-state index in [-0.39, 0.29) is 0 Å². The highest BCUT2D eigenvalue weighted by Crippen LogP contribution is 2.33. The lowest BCUT2D eigenvalue weighted by molar-refractivity contribution is 0.0126. The van der Waals surface area contributed by atoms with Crippen molar-refractivity contribution in [3.63, 3.8) is 0 Å². The topological polar surface area (TPSA) is 22.1 Å². The summed E-state index contributed by atoms with van der Waals surface area (Å²) in [6.07, 6.45) is 2.35. The SMILES string of the molecule is CC(C)CO[C@@H]1CCc2nc(Cl)ccc2[C@@H]1C. The average Bonchev–Trinajstić information content (AvgIpc) is 2.27. The molecule has 0 fully saturated rings. The maximum atomic E-state index is 5.98. The van der Waals surface area contributed by atoms with Gasteiger partial charge in [-0.05, 0) is 30.4 Å². The summed E-state index contributed by atoms with van der Waals surface area (Å²) >= 11 is 5.92. The molecule has 0 radical (unpaired) electrons. The van der Waals surface area contributed by atoms with Crippen LogP contribution in [0.3, 0.4) is 0 Å². The second-order valence-corrected chi connectivity index (χ2v) is 5.65. The van der Waals surface area contributed by atoms with Crippen molar-refractivity contribution in [3.8, 4) is 0 Å². The zero-order valence-electron chi connectivity index (χ0n) is 10.7. The Morgan fingerprint density at radius 2 is 2.24 bits per heavy atom. The molecule has 1 heterocycles. The molecule has 3 heteroatoms. The maximum Gasteiger partial charge on any atom is 0.129 e. The second-order valence-electron chi connectivity index (χ2n) is 5.26. The van der Waals surface area contributed by atoms with Crippen LogP contribution in [-0.4, -0.2) is 17.7 Å². The van der Waals surface area contributed by atoms with Gasteiger partial charge in [-0.3, -0.25) is 0 Å². The molecule has 0 bridgehead atoms. The minimum atomic E-state index is 0.327. The van der Waals surface area contributed by atoms with Gasteiger partial charge in [0.15, 0.2) is 0 Å². The van der Waals surface area contributed by atoms with Crippen LogP contribution in [0.4, 0.5) is 0 Å². The largest absolute Gasteiger partial charge is 0.377 e. The Morgan fingerprint density at radius 3 is 2.94 bits per heavy atom. The van der Waals surface area contributed by atoms with Gasteiger partial charge in [-0.1, -0.05) is 38.4 Å². The average molecular weight is 254 g/mol. The Morgan fingerprint density at radius 1 is 1.47 bits per heavy atom. The van der Waals surface area contributed by atoms with Gasteiger partial charge < -0.3 is 4.74 Å². The molecule has 2 rings (SSSR count). The van der Waals surface area contributed by atoms with Crippen LogP contribution in [0.1, 0.15) is 44.4 Å². The normalized spacial score (nSPS) is 23.8. The van der Waals surface area contributed by atoms with Crippen LogP contribution in [-0.2, 0) is 11.2 Å². The summed E-state index contributed by atoms with van der Waals surface area (Å²) in [5, 5.41) is 0.595. The fraction of sp³-hybridized carbons (Fsp3) is 0.643. The molecule has 2 nitrogen and oxygen atoms in total. The summed E-state index contributed by atoms with van der Waals surface area (Å²) in [6.45, 7) is 7.43. The smallest absolute Gasteiger partial charge is 0.129 e. The summed E-state index contributed by atoms with van der Waals surface area (Å²) in [7, 11) is 0. The highest BCUT2D eigenvalue weighted by atomic mass is 35.5. The van der Waals surface area contributed by atoms with E-state index in [2.05, 4.69) is 31.8 Å². The van der Waals surface area contributed by atoms with Gasteiger partial charge in [0.25, 0.3) is 0 Å². The molecule has 0 amide bonds. The minimum Gasteiger partial charge on any atom is -0.377 e. The summed E-state index contributed by atoms with van der Waals surface area (Å²) in [5.41, 5.74) is 2.45. The third-order valence-corrected chi connectivity index (χ3v) is 3.54. The number of nitrogens with zero attached hydrogens (tertiary/aromatic N) is 1. The molecule has 0 saturated carbocycles. The van der Waals surface area contributed by atoms with E-state index in [1.54, 1.807) is 0 Å². The van der Waals surface area contributed by atoms with Crippen molar-refractivity contribution in [2.75, 3.05) is 6.61 Å². The first-order chi connectivity index (χ1) is 8.08. The van der Waals surface area contributed by atoms with Crippen molar-refractivity contribution in [2.24, 2.45) is 5.92 Å². The van der Waals surface area contributed by atoms with Crippen LogP contribution in [0.15, 0.2) is 12.1 Å². The van der Waals surface area contributed by atoms with Gasteiger partial charge in [0.05, 0.1) is 6.10 Å². The van der Waals surface area contributed by atoms with Crippen LogP contribution < -0.4 is 0 Å². The van der Waals surface area contributed by atoms with Gasteiger partial charge >= 0.3 is 0 Å². The van der Waals surface area contributed by atoms with Gasteiger partial charge in [0.1, 0.15) is 5.15 Å². The number of aryl methyl sites for hydroxylation is 1. The molecule has 0 aliphatic heterocycles. The first-order valence-electron chi connectivity index (χ1n) is 6.35. The number of aromatic nitrogens is 1. The zero-order valence-corrected chi connectivity index (χ0v) is 11.5. The molecule has 0 unspecified atom stereocenters. The van der Waals surface area contributed by atoms with E-state index in [1.165, 1.54) is 5.56 Å². The number of pyridine rings is 1. The van der Waals surface area contributed by atoms with Gasteiger partial charge in [-0.25, -0.2) is 4.98 Å². The molecule has 0 saturated heterocycles. The van der Waals surface area contributed by atoms with E-state index in [0.29, 0.717) is 23.1 Å². The molecule has 94 valence electrons. The molecule has 0 N–H and O–H groups in total. The Kier molecular flexibility index (Phi) is 4.05. The molecule has 0 aromatic carbocycles. The lowest BCUT2D eigenvalue weighted by atomic mass is 9.84. The fourth-order valence-electron chi connectivity index (χ4n) is 2.37. The Labute approximate surface area is 108 Å². The highest BCUT2D eigenvalue weighted by molar-refractivity contribution is 6.29.